The van der Waals surface area contributed by atoms with Crippen LogP contribution in [-0.4, -0.2) is 25.7 Å². The van der Waals surface area contributed by atoms with E-state index in [-0.39, 0.29) is 21.4 Å². The molecule has 4 rings (SSSR count). The molecule has 0 aliphatic heterocycles. The van der Waals surface area contributed by atoms with Crippen LogP contribution in [0.4, 0.5) is 0 Å². The summed E-state index contributed by atoms with van der Waals surface area (Å²) in [5.74, 6) is -0.373. The summed E-state index contributed by atoms with van der Waals surface area (Å²) in [6.07, 6.45) is 6.35. The van der Waals surface area contributed by atoms with Crippen LogP contribution < -0.4 is 5.56 Å². The summed E-state index contributed by atoms with van der Waals surface area (Å²) >= 11 is 3.14. The van der Waals surface area contributed by atoms with E-state index in [1.807, 2.05) is 12.1 Å². The molecule has 2 heterocycles. The van der Waals surface area contributed by atoms with E-state index >= 15 is 0 Å². The van der Waals surface area contributed by atoms with Crippen LogP contribution in [0.25, 0.3) is 16.9 Å². The van der Waals surface area contributed by atoms with Crippen LogP contribution in [0.1, 0.15) is 41.6 Å². The van der Waals surface area contributed by atoms with Gasteiger partial charge in [0.1, 0.15) is 10.2 Å². The van der Waals surface area contributed by atoms with Crippen molar-refractivity contribution in [3.05, 3.63) is 56.4 Å². The van der Waals surface area contributed by atoms with Gasteiger partial charge in [-0.05, 0) is 33.8 Å². The molecule has 0 amide bonds. The highest BCUT2D eigenvalue weighted by atomic mass is 79.9. The van der Waals surface area contributed by atoms with Crippen molar-refractivity contribution in [3.63, 3.8) is 0 Å². The van der Waals surface area contributed by atoms with Crippen LogP contribution in [0.5, 0.6) is 0 Å². The van der Waals surface area contributed by atoms with Crippen molar-refractivity contribution < 1.29 is 9.90 Å². The summed E-state index contributed by atoms with van der Waals surface area (Å²) in [7, 11) is 0. The van der Waals surface area contributed by atoms with Crippen LogP contribution in [0.15, 0.2) is 39.7 Å². The van der Waals surface area contributed by atoms with Crippen LogP contribution in [0.2, 0.25) is 0 Å². The van der Waals surface area contributed by atoms with E-state index in [2.05, 4.69) is 38.1 Å². The molecule has 0 saturated heterocycles. The molecule has 134 valence electrons. The fourth-order valence-electron chi connectivity index (χ4n) is 3.71. The van der Waals surface area contributed by atoms with E-state index in [9.17, 15) is 14.7 Å². The van der Waals surface area contributed by atoms with E-state index in [4.69, 9.17) is 0 Å². The molecule has 6 nitrogen and oxygen atoms in total. The van der Waals surface area contributed by atoms with Gasteiger partial charge < -0.3 is 5.11 Å². The molecular formula is C19H18BrN3O3. The number of nitrogens with one attached hydrogen (secondary N) is 1. The quantitative estimate of drug-likeness (QED) is 0.676. The SMILES string of the molecule is O=C(O)c1c(Br)[nH]n2c(=O)cc(-c3ccc(CC4CCCC4)cc3)nc12. The first kappa shape index (κ1) is 17.0. The number of rotatable bonds is 4. The van der Waals surface area contributed by atoms with Gasteiger partial charge in [-0.2, -0.15) is 4.52 Å². The highest BCUT2D eigenvalue weighted by molar-refractivity contribution is 9.10. The van der Waals surface area contributed by atoms with Crippen LogP contribution >= 0.6 is 15.9 Å². The Labute approximate surface area is 158 Å². The van der Waals surface area contributed by atoms with Crippen molar-refractivity contribution >= 4 is 27.5 Å². The third kappa shape index (κ3) is 3.07. The van der Waals surface area contributed by atoms with E-state index in [1.165, 1.54) is 37.3 Å². The van der Waals surface area contributed by atoms with Gasteiger partial charge in [0.15, 0.2) is 5.65 Å². The maximum absolute atomic E-state index is 12.3. The zero-order valence-electron chi connectivity index (χ0n) is 14.0. The highest BCUT2D eigenvalue weighted by Gasteiger charge is 2.20. The second kappa shape index (κ2) is 6.72. The number of aromatic amines is 1. The maximum Gasteiger partial charge on any atom is 0.342 e. The van der Waals surface area contributed by atoms with Gasteiger partial charge in [0.05, 0.1) is 5.69 Å². The van der Waals surface area contributed by atoms with Crippen LogP contribution in [0.3, 0.4) is 0 Å². The number of benzene rings is 1. The van der Waals surface area contributed by atoms with Gasteiger partial charge in [-0.1, -0.05) is 49.9 Å². The number of aromatic carboxylic acids is 1. The summed E-state index contributed by atoms with van der Waals surface area (Å²) in [5, 5.41) is 12.1. The predicted molar refractivity (Wildman–Crippen MR) is 102 cm³/mol. The molecule has 0 radical (unpaired) electrons. The normalized spacial score (nSPS) is 15.0. The Hall–Kier alpha value is -2.41. The number of carboxylic acid groups (broad SMARTS) is 1. The lowest BCUT2D eigenvalue weighted by atomic mass is 9.97. The number of aromatic nitrogens is 3. The smallest absolute Gasteiger partial charge is 0.342 e. The van der Waals surface area contributed by atoms with Gasteiger partial charge >= 0.3 is 5.97 Å². The number of carboxylic acids is 1. The third-order valence-corrected chi connectivity index (χ3v) is 5.61. The number of nitrogens with zero attached hydrogens (tertiary/aromatic N) is 2. The molecule has 7 heteroatoms. The number of H-pyrrole nitrogens is 1. The van der Waals surface area contributed by atoms with Crippen molar-refractivity contribution in [2.75, 3.05) is 0 Å². The Morgan fingerprint density at radius 3 is 2.62 bits per heavy atom. The molecule has 0 bridgehead atoms. The number of carbonyl (C=O) groups is 1. The molecule has 3 aromatic rings. The molecule has 2 aromatic heterocycles. The van der Waals surface area contributed by atoms with Crippen molar-refractivity contribution in [3.8, 4) is 11.3 Å². The third-order valence-electron chi connectivity index (χ3n) is 5.03. The summed E-state index contributed by atoms with van der Waals surface area (Å²) in [6.45, 7) is 0. The summed E-state index contributed by atoms with van der Waals surface area (Å²) < 4.78 is 1.35. The Kier molecular flexibility index (Phi) is 4.40. The molecule has 0 spiro atoms. The molecule has 1 fully saturated rings. The number of hydrogen-bond donors (Lipinski definition) is 2. The van der Waals surface area contributed by atoms with E-state index in [0.717, 1.165) is 22.4 Å². The topological polar surface area (TPSA) is 87.5 Å². The Bertz CT molecular complexity index is 1030. The zero-order chi connectivity index (χ0) is 18.3. The summed E-state index contributed by atoms with van der Waals surface area (Å²) in [6, 6.07) is 9.45. The van der Waals surface area contributed by atoms with Gasteiger partial charge in [0.2, 0.25) is 0 Å². The van der Waals surface area contributed by atoms with Gasteiger partial charge in [-0.15, -0.1) is 0 Å². The molecule has 26 heavy (non-hydrogen) atoms. The average molecular weight is 416 g/mol. The molecule has 1 aliphatic rings. The minimum atomic E-state index is -1.15. The average Bonchev–Trinajstić information content (AvgIpc) is 3.22. The molecule has 0 atom stereocenters. The number of fused-ring (bicyclic) bond motifs is 1. The van der Waals surface area contributed by atoms with Gasteiger partial charge in [-0.25, -0.2) is 9.78 Å². The monoisotopic (exact) mass is 415 g/mol. The summed E-state index contributed by atoms with van der Waals surface area (Å²) in [5.41, 5.74) is 2.25. The molecule has 1 saturated carbocycles. The number of halogens is 1. The van der Waals surface area contributed by atoms with E-state index in [0.29, 0.717) is 5.69 Å². The van der Waals surface area contributed by atoms with Crippen molar-refractivity contribution in [1.29, 1.82) is 0 Å². The van der Waals surface area contributed by atoms with Gasteiger partial charge in [0, 0.05) is 11.6 Å². The molecule has 2 N–H and O–H groups in total. The Morgan fingerprint density at radius 2 is 1.96 bits per heavy atom. The van der Waals surface area contributed by atoms with Crippen molar-refractivity contribution in [2.24, 2.45) is 5.92 Å². The van der Waals surface area contributed by atoms with Crippen LogP contribution in [0, 0.1) is 5.92 Å². The Morgan fingerprint density at radius 1 is 1.27 bits per heavy atom. The minimum absolute atomic E-state index is 0.0539. The number of hydrogen-bond acceptors (Lipinski definition) is 3. The fraction of sp³-hybridized carbons (Fsp3) is 0.316. The standard InChI is InChI=1S/C19H18BrN3O3/c20-17-16(19(25)26)18-21-14(10-15(24)23(18)22-17)13-7-5-12(6-8-13)9-11-3-1-2-4-11/h5-8,10-11,22H,1-4,9H2,(H,25,26). The molecule has 0 unspecified atom stereocenters. The maximum atomic E-state index is 12.3. The second-order valence-electron chi connectivity index (χ2n) is 6.80. The predicted octanol–water partition coefficient (Wildman–Crippen LogP) is 3.88. The second-order valence-corrected chi connectivity index (χ2v) is 7.59. The van der Waals surface area contributed by atoms with Gasteiger partial charge in [-0.3, -0.25) is 9.89 Å². The lowest BCUT2D eigenvalue weighted by Crippen LogP contribution is -2.15. The first-order chi connectivity index (χ1) is 12.5. The largest absolute Gasteiger partial charge is 0.477 e. The van der Waals surface area contributed by atoms with Crippen LogP contribution in [-0.2, 0) is 6.42 Å². The molecule has 1 aliphatic carbocycles. The molecule has 1 aromatic carbocycles. The fourth-order valence-corrected chi connectivity index (χ4v) is 4.23. The van der Waals surface area contributed by atoms with Crippen molar-refractivity contribution in [1.82, 2.24) is 14.6 Å². The Balaban J connectivity index is 1.71. The van der Waals surface area contributed by atoms with E-state index in [1.54, 1.807) is 0 Å². The zero-order valence-corrected chi connectivity index (χ0v) is 15.6. The lowest BCUT2D eigenvalue weighted by molar-refractivity contribution is 0.0698. The summed E-state index contributed by atoms with van der Waals surface area (Å²) in [4.78, 5) is 28.2. The first-order valence-corrected chi connectivity index (χ1v) is 9.46. The highest BCUT2D eigenvalue weighted by Crippen LogP contribution is 2.29. The van der Waals surface area contributed by atoms with E-state index < -0.39 is 5.97 Å². The van der Waals surface area contributed by atoms with Gasteiger partial charge in [0.25, 0.3) is 5.56 Å². The minimum Gasteiger partial charge on any atom is -0.477 e. The lowest BCUT2D eigenvalue weighted by Gasteiger charge is -2.09. The van der Waals surface area contributed by atoms with Crippen molar-refractivity contribution in [2.45, 2.75) is 32.1 Å². The first-order valence-electron chi connectivity index (χ1n) is 8.67. The molecular weight excluding hydrogens is 398 g/mol.